The van der Waals surface area contributed by atoms with Gasteiger partial charge in [0.2, 0.25) is 11.0 Å². The van der Waals surface area contributed by atoms with Gasteiger partial charge >= 0.3 is 5.56 Å². The van der Waals surface area contributed by atoms with Crippen LogP contribution >= 0.6 is 11.8 Å². The van der Waals surface area contributed by atoms with Gasteiger partial charge in [-0.3, -0.25) is 9.47 Å². The molecule has 0 aliphatic carbocycles. The van der Waals surface area contributed by atoms with Crippen LogP contribution in [0.2, 0.25) is 0 Å². The van der Waals surface area contributed by atoms with Gasteiger partial charge in [-0.25, -0.2) is 0 Å². The molecule has 0 bridgehead atoms. The Balaban J connectivity index is 1.66. The van der Waals surface area contributed by atoms with E-state index in [1.165, 1.54) is 22.0 Å². The minimum absolute atomic E-state index is 0.174. The Labute approximate surface area is 184 Å². The summed E-state index contributed by atoms with van der Waals surface area (Å²) >= 11 is 1.44. The van der Waals surface area contributed by atoms with E-state index in [-0.39, 0.29) is 11.4 Å². The Morgan fingerprint density at radius 1 is 1.00 bits per heavy atom. The second-order valence-corrected chi connectivity index (χ2v) is 7.77. The summed E-state index contributed by atoms with van der Waals surface area (Å²) in [6, 6.07) is 19.5. The third kappa shape index (κ3) is 4.80. The van der Waals surface area contributed by atoms with Crippen LogP contribution < -0.4 is 15.6 Å². The van der Waals surface area contributed by atoms with E-state index in [4.69, 9.17) is 4.74 Å². The molecule has 2 heterocycles. The molecule has 0 aliphatic heterocycles. The van der Waals surface area contributed by atoms with Crippen LogP contribution in [0.1, 0.15) is 18.1 Å². The second kappa shape index (κ2) is 9.53. The van der Waals surface area contributed by atoms with Gasteiger partial charge in [-0.05, 0) is 53.9 Å². The Bertz CT molecular complexity index is 1220. The summed E-state index contributed by atoms with van der Waals surface area (Å²) in [6.45, 7) is 2.09. The van der Waals surface area contributed by atoms with E-state index >= 15 is 0 Å². The summed E-state index contributed by atoms with van der Waals surface area (Å²) in [4.78, 5) is 13.3. The number of ether oxygens (including phenoxy) is 1. The molecule has 1 N–H and O–H groups in total. The first-order valence-electron chi connectivity index (χ1n) is 9.93. The number of anilines is 2. The number of aromatic nitrogens is 4. The molecule has 158 valence electrons. The zero-order chi connectivity index (χ0) is 21.6. The van der Waals surface area contributed by atoms with Crippen LogP contribution in [0.25, 0.3) is 0 Å². The maximum atomic E-state index is 13.3. The van der Waals surface area contributed by atoms with Crippen LogP contribution in [0.3, 0.4) is 0 Å². The van der Waals surface area contributed by atoms with E-state index in [0.717, 1.165) is 23.4 Å². The van der Waals surface area contributed by atoms with Crippen molar-refractivity contribution in [1.82, 2.24) is 19.5 Å². The predicted molar refractivity (Wildman–Crippen MR) is 123 cm³/mol. The average molecular weight is 434 g/mol. The molecule has 0 fully saturated rings. The van der Waals surface area contributed by atoms with E-state index in [9.17, 15) is 4.79 Å². The number of nitrogens with one attached hydrogen (secondary N) is 1. The molecule has 0 atom stereocenters. The van der Waals surface area contributed by atoms with Crippen molar-refractivity contribution in [1.29, 1.82) is 0 Å². The Morgan fingerprint density at radius 3 is 2.55 bits per heavy atom. The molecule has 2 aromatic heterocycles. The summed E-state index contributed by atoms with van der Waals surface area (Å²) in [5.74, 6) is 1.59. The van der Waals surface area contributed by atoms with Crippen molar-refractivity contribution < 1.29 is 4.74 Å². The van der Waals surface area contributed by atoms with Gasteiger partial charge in [0, 0.05) is 23.8 Å². The lowest BCUT2D eigenvalue weighted by Gasteiger charge is -2.14. The number of nitrogens with zero attached hydrogens (tertiary/aromatic N) is 4. The van der Waals surface area contributed by atoms with Crippen molar-refractivity contribution in [2.24, 2.45) is 0 Å². The summed E-state index contributed by atoms with van der Waals surface area (Å²) in [5, 5.41) is 12.2. The van der Waals surface area contributed by atoms with Crippen molar-refractivity contribution in [3.63, 3.8) is 0 Å². The number of aryl methyl sites for hydroxylation is 1. The Kier molecular flexibility index (Phi) is 6.37. The first kappa shape index (κ1) is 20.7. The number of methoxy groups -OCH3 is 1. The number of thioether (sulfide) groups is 1. The van der Waals surface area contributed by atoms with Crippen LogP contribution in [0.4, 0.5) is 11.5 Å². The maximum absolute atomic E-state index is 13.3. The highest BCUT2D eigenvalue weighted by atomic mass is 32.2. The Morgan fingerprint density at radius 2 is 1.77 bits per heavy atom. The minimum Gasteiger partial charge on any atom is -0.497 e. The molecule has 4 rings (SSSR count). The molecule has 0 spiro atoms. The normalized spacial score (nSPS) is 10.8. The molecule has 0 amide bonds. The smallest absolute Gasteiger partial charge is 0.316 e. The molecule has 0 saturated carbocycles. The van der Waals surface area contributed by atoms with Crippen LogP contribution in [0.5, 0.6) is 5.75 Å². The summed E-state index contributed by atoms with van der Waals surface area (Å²) in [6.07, 6.45) is 4.52. The third-order valence-electron chi connectivity index (χ3n) is 4.73. The van der Waals surface area contributed by atoms with Gasteiger partial charge in [-0.2, -0.15) is 4.68 Å². The van der Waals surface area contributed by atoms with E-state index < -0.39 is 0 Å². The van der Waals surface area contributed by atoms with Crippen LogP contribution in [-0.2, 0) is 12.2 Å². The van der Waals surface area contributed by atoms with Gasteiger partial charge in [0.15, 0.2) is 0 Å². The van der Waals surface area contributed by atoms with Gasteiger partial charge in [0.05, 0.1) is 7.11 Å². The summed E-state index contributed by atoms with van der Waals surface area (Å²) < 4.78 is 8.52. The molecule has 31 heavy (non-hydrogen) atoms. The lowest BCUT2D eigenvalue weighted by atomic mass is 10.1. The predicted octanol–water partition coefficient (Wildman–Crippen LogP) is 4.36. The fourth-order valence-corrected chi connectivity index (χ4v) is 3.99. The van der Waals surface area contributed by atoms with Gasteiger partial charge < -0.3 is 10.1 Å². The molecule has 0 aliphatic rings. The second-order valence-electron chi connectivity index (χ2n) is 6.83. The number of benzene rings is 2. The first-order valence-corrected chi connectivity index (χ1v) is 10.9. The molecule has 0 radical (unpaired) electrons. The molecular weight excluding hydrogens is 410 g/mol. The van der Waals surface area contributed by atoms with Crippen molar-refractivity contribution in [2.45, 2.75) is 24.3 Å². The zero-order valence-corrected chi connectivity index (χ0v) is 18.2. The topological polar surface area (TPSA) is 74.0 Å². The number of hydrogen-bond acceptors (Lipinski definition) is 6. The number of hydrogen-bond donors (Lipinski definition) is 1. The summed E-state index contributed by atoms with van der Waals surface area (Å²) in [5.41, 5.74) is 2.77. The minimum atomic E-state index is -0.277. The zero-order valence-electron chi connectivity index (χ0n) is 17.4. The lowest BCUT2D eigenvalue weighted by Crippen LogP contribution is -2.30. The first-order chi connectivity index (χ1) is 15.2. The fraction of sp³-hybridized carbons (Fsp3) is 0.174. The average Bonchev–Trinajstić information content (AvgIpc) is 3.34. The van der Waals surface area contributed by atoms with Gasteiger partial charge in [0.1, 0.15) is 5.75 Å². The quantitative estimate of drug-likeness (QED) is 0.416. The van der Waals surface area contributed by atoms with Crippen LogP contribution in [0.15, 0.2) is 83.0 Å². The van der Waals surface area contributed by atoms with E-state index in [2.05, 4.69) is 22.4 Å². The van der Waals surface area contributed by atoms with E-state index in [1.54, 1.807) is 24.2 Å². The molecular formula is C23H23N5O2S. The Hall–Kier alpha value is -3.52. The standard InChI is InChI=1S/C23H23N5O2S/c1-3-17-8-6-10-19(14-17)24-21-22(29)28(27-12-4-5-13-27)23(26-25-21)31-16-18-9-7-11-20(15-18)30-2/h4-15H,3,16H2,1-2H3,(H,24,25). The maximum Gasteiger partial charge on any atom is 0.316 e. The molecule has 7 nitrogen and oxygen atoms in total. The molecule has 0 saturated heterocycles. The lowest BCUT2D eigenvalue weighted by molar-refractivity contribution is 0.414. The van der Waals surface area contributed by atoms with E-state index in [1.807, 2.05) is 60.7 Å². The monoisotopic (exact) mass is 433 g/mol. The SMILES string of the molecule is CCc1cccc(Nc2nnc(SCc3cccc(OC)c3)n(-n3cccc3)c2=O)c1. The van der Waals surface area contributed by atoms with Gasteiger partial charge in [-0.15, -0.1) is 10.2 Å². The van der Waals surface area contributed by atoms with Crippen molar-refractivity contribution in [2.75, 3.05) is 12.4 Å². The highest BCUT2D eigenvalue weighted by Gasteiger charge is 2.15. The van der Waals surface area contributed by atoms with Crippen molar-refractivity contribution >= 4 is 23.3 Å². The van der Waals surface area contributed by atoms with Crippen LogP contribution in [-0.4, -0.2) is 26.7 Å². The highest BCUT2D eigenvalue weighted by molar-refractivity contribution is 7.98. The van der Waals surface area contributed by atoms with Crippen LogP contribution in [0, 0.1) is 0 Å². The fourth-order valence-electron chi connectivity index (χ4n) is 3.11. The number of rotatable bonds is 8. The molecule has 2 aromatic carbocycles. The molecule has 8 heteroatoms. The largest absolute Gasteiger partial charge is 0.497 e. The van der Waals surface area contributed by atoms with Crippen molar-refractivity contribution in [3.8, 4) is 5.75 Å². The summed E-state index contributed by atoms with van der Waals surface area (Å²) in [7, 11) is 1.64. The third-order valence-corrected chi connectivity index (χ3v) is 5.72. The van der Waals surface area contributed by atoms with Gasteiger partial charge in [-0.1, -0.05) is 43.0 Å². The van der Waals surface area contributed by atoms with Crippen molar-refractivity contribution in [3.05, 3.63) is 94.5 Å². The van der Waals surface area contributed by atoms with Gasteiger partial charge in [0.25, 0.3) is 0 Å². The highest BCUT2D eigenvalue weighted by Crippen LogP contribution is 2.23. The molecule has 4 aromatic rings. The van der Waals surface area contributed by atoms with E-state index in [0.29, 0.717) is 10.9 Å². The molecule has 0 unspecified atom stereocenters.